The van der Waals surface area contributed by atoms with Gasteiger partial charge in [-0.3, -0.25) is 29.4 Å². The molecule has 0 radical (unpaired) electrons. The van der Waals surface area contributed by atoms with Crippen LogP contribution < -0.4 is 14.8 Å². The summed E-state index contributed by atoms with van der Waals surface area (Å²) in [6.45, 7) is 3.52. The van der Waals surface area contributed by atoms with Gasteiger partial charge in [-0.05, 0) is 129 Å². The minimum atomic E-state index is -0.988. The Hall–Kier alpha value is -5.04. The number of nitrogens with zero attached hydrogens (tertiary/aromatic N) is 2. The third kappa shape index (κ3) is 7.38. The van der Waals surface area contributed by atoms with Crippen LogP contribution in [0, 0.1) is 0 Å². The van der Waals surface area contributed by atoms with E-state index in [9.17, 15) is 24.3 Å². The third-order valence-corrected chi connectivity index (χ3v) is 12.2. The normalized spacial score (nSPS) is 17.9. The summed E-state index contributed by atoms with van der Waals surface area (Å²) in [6, 6.07) is 25.9. The Labute approximate surface area is 324 Å². The monoisotopic (exact) mass is 807 g/mol. The Morgan fingerprint density at radius 1 is 0.815 bits per heavy atom. The van der Waals surface area contributed by atoms with Gasteiger partial charge in [0.2, 0.25) is 11.8 Å². The number of halogens is 1. The molecule has 4 amide bonds. The molecule has 12 heteroatoms. The zero-order chi connectivity index (χ0) is 37.3. The molecule has 1 unspecified atom stereocenters. The summed E-state index contributed by atoms with van der Waals surface area (Å²) in [5.41, 5.74) is 2.84. The molecule has 4 aromatic carbocycles. The minimum absolute atomic E-state index is 0.0823. The first kappa shape index (κ1) is 36.0. The Kier molecular flexibility index (Phi) is 10.2. The maximum atomic E-state index is 13.1. The molecule has 10 nitrogen and oxygen atoms in total. The standard InChI is InChI=1S/C42H38BrN3O7S/c43-28-7-3-27(4-8-28)39-38(33-13-9-29(47)23-36(33)54-39)53-30-10-5-25(6-11-30)26-17-20-45(21-18-26)19-1-2-22-52-31-12-14-32-34(24-31)42(51)46(41(32)50)35-15-16-37(48)44-40(35)49/h3-14,23-24,26,35,47H,1-2,15-22H2,(H,44,48,49). The second kappa shape index (κ2) is 15.4. The number of hydrogen-bond donors (Lipinski definition) is 2. The van der Waals surface area contributed by atoms with Crippen molar-refractivity contribution >= 4 is 61.0 Å². The fourth-order valence-electron chi connectivity index (χ4n) is 7.54. The molecule has 0 spiro atoms. The summed E-state index contributed by atoms with van der Waals surface area (Å²) in [5.74, 6) is 0.708. The second-order valence-electron chi connectivity index (χ2n) is 13.9. The topological polar surface area (TPSA) is 125 Å². The fraction of sp³-hybridized carbons (Fsp3) is 0.286. The van der Waals surface area contributed by atoms with E-state index in [-0.39, 0.29) is 29.7 Å². The van der Waals surface area contributed by atoms with Crippen molar-refractivity contribution < 1.29 is 33.8 Å². The summed E-state index contributed by atoms with van der Waals surface area (Å²) in [5, 5.41) is 13.3. The number of imide groups is 2. The number of rotatable bonds is 11. The molecule has 2 fully saturated rings. The predicted octanol–water partition coefficient (Wildman–Crippen LogP) is 8.27. The van der Waals surface area contributed by atoms with Gasteiger partial charge in [0.15, 0.2) is 5.75 Å². The Balaban J connectivity index is 0.801. The molecule has 54 heavy (non-hydrogen) atoms. The number of amides is 4. The molecule has 0 saturated carbocycles. The molecule has 3 aliphatic rings. The van der Waals surface area contributed by atoms with E-state index in [0.29, 0.717) is 18.3 Å². The summed E-state index contributed by atoms with van der Waals surface area (Å²) >= 11 is 5.13. The highest BCUT2D eigenvalue weighted by Gasteiger charge is 2.44. The van der Waals surface area contributed by atoms with Crippen LogP contribution in [0.15, 0.2) is 89.4 Å². The Morgan fingerprint density at radius 2 is 1.56 bits per heavy atom. The van der Waals surface area contributed by atoms with Crippen molar-refractivity contribution in [3.05, 3.63) is 106 Å². The van der Waals surface area contributed by atoms with Crippen LogP contribution >= 0.6 is 27.3 Å². The van der Waals surface area contributed by atoms with Gasteiger partial charge >= 0.3 is 0 Å². The molecule has 8 rings (SSSR count). The average molecular weight is 809 g/mol. The van der Waals surface area contributed by atoms with Crippen LogP contribution in [-0.2, 0) is 9.59 Å². The van der Waals surface area contributed by atoms with E-state index < -0.39 is 29.7 Å². The van der Waals surface area contributed by atoms with Crippen LogP contribution in [0.5, 0.6) is 23.0 Å². The van der Waals surface area contributed by atoms with E-state index in [1.54, 1.807) is 41.7 Å². The fourth-order valence-corrected chi connectivity index (χ4v) is 8.97. The average Bonchev–Trinajstić information content (AvgIpc) is 3.64. The number of likely N-dealkylation sites (tertiary alicyclic amines) is 1. The van der Waals surface area contributed by atoms with Crippen LogP contribution in [0.25, 0.3) is 20.5 Å². The van der Waals surface area contributed by atoms with Gasteiger partial charge < -0.3 is 19.5 Å². The van der Waals surface area contributed by atoms with Crippen molar-refractivity contribution in [3.8, 4) is 33.4 Å². The number of ether oxygens (including phenoxy) is 2. The number of carbonyl (C=O) groups is 4. The molecular weight excluding hydrogens is 770 g/mol. The molecule has 1 atom stereocenters. The second-order valence-corrected chi connectivity index (χ2v) is 15.9. The first-order valence-electron chi connectivity index (χ1n) is 18.2. The lowest BCUT2D eigenvalue weighted by atomic mass is 9.89. The quantitative estimate of drug-likeness (QED) is 0.101. The summed E-state index contributed by atoms with van der Waals surface area (Å²) in [6.07, 6.45) is 4.19. The van der Waals surface area contributed by atoms with Crippen LogP contribution in [0.2, 0.25) is 0 Å². The van der Waals surface area contributed by atoms with E-state index in [2.05, 4.69) is 62.5 Å². The zero-order valence-electron chi connectivity index (χ0n) is 29.4. The molecular formula is C42H38BrN3O7S. The molecule has 276 valence electrons. The zero-order valence-corrected chi connectivity index (χ0v) is 31.8. The number of nitrogens with one attached hydrogen (secondary N) is 1. The van der Waals surface area contributed by atoms with E-state index in [1.165, 1.54) is 5.56 Å². The maximum absolute atomic E-state index is 13.1. The van der Waals surface area contributed by atoms with Crippen LogP contribution in [-0.4, -0.2) is 70.8 Å². The number of unbranched alkanes of at least 4 members (excludes halogenated alkanes) is 1. The lowest BCUT2D eigenvalue weighted by molar-refractivity contribution is -0.136. The van der Waals surface area contributed by atoms with E-state index in [0.717, 1.165) is 86.7 Å². The number of piperidine rings is 2. The number of thiophene rings is 1. The summed E-state index contributed by atoms with van der Waals surface area (Å²) in [7, 11) is 0. The van der Waals surface area contributed by atoms with E-state index >= 15 is 0 Å². The van der Waals surface area contributed by atoms with Crippen molar-refractivity contribution in [3.63, 3.8) is 0 Å². The van der Waals surface area contributed by atoms with Gasteiger partial charge in [-0.2, -0.15) is 0 Å². The Bertz CT molecular complexity index is 2250. The molecule has 1 aromatic heterocycles. The van der Waals surface area contributed by atoms with E-state index in [1.807, 2.05) is 18.2 Å². The van der Waals surface area contributed by atoms with Gasteiger partial charge in [0.1, 0.15) is 23.3 Å². The number of benzene rings is 4. The molecule has 5 aromatic rings. The maximum Gasteiger partial charge on any atom is 0.262 e. The highest BCUT2D eigenvalue weighted by Crippen LogP contribution is 2.47. The lowest BCUT2D eigenvalue weighted by Gasteiger charge is -2.32. The largest absolute Gasteiger partial charge is 0.508 e. The van der Waals surface area contributed by atoms with Crippen molar-refractivity contribution in [1.82, 2.24) is 15.1 Å². The lowest BCUT2D eigenvalue weighted by Crippen LogP contribution is -2.54. The van der Waals surface area contributed by atoms with Crippen LogP contribution in [0.4, 0.5) is 0 Å². The van der Waals surface area contributed by atoms with Crippen molar-refractivity contribution in [2.75, 3.05) is 26.2 Å². The number of carbonyl (C=O) groups excluding carboxylic acids is 4. The van der Waals surface area contributed by atoms with Gasteiger partial charge in [-0.1, -0.05) is 40.2 Å². The first-order chi connectivity index (χ1) is 26.2. The van der Waals surface area contributed by atoms with Crippen LogP contribution in [0.1, 0.15) is 70.7 Å². The van der Waals surface area contributed by atoms with Gasteiger partial charge in [0.05, 0.1) is 22.6 Å². The molecule has 0 aliphatic carbocycles. The number of phenols is 1. The molecule has 2 N–H and O–H groups in total. The smallest absolute Gasteiger partial charge is 0.262 e. The van der Waals surface area contributed by atoms with Crippen LogP contribution in [0.3, 0.4) is 0 Å². The highest BCUT2D eigenvalue weighted by atomic mass is 79.9. The van der Waals surface area contributed by atoms with Crippen molar-refractivity contribution in [2.24, 2.45) is 0 Å². The minimum Gasteiger partial charge on any atom is -0.508 e. The third-order valence-electron chi connectivity index (χ3n) is 10.4. The molecule has 3 aliphatic heterocycles. The summed E-state index contributed by atoms with van der Waals surface area (Å²) < 4.78 is 14.5. The molecule has 2 saturated heterocycles. The number of phenolic OH excluding ortho intramolecular Hbond substituents is 1. The molecule has 4 heterocycles. The predicted molar refractivity (Wildman–Crippen MR) is 209 cm³/mol. The summed E-state index contributed by atoms with van der Waals surface area (Å²) in [4.78, 5) is 54.4. The van der Waals surface area contributed by atoms with Crippen molar-refractivity contribution in [1.29, 1.82) is 0 Å². The van der Waals surface area contributed by atoms with Gasteiger partial charge in [0, 0.05) is 21.0 Å². The van der Waals surface area contributed by atoms with Gasteiger partial charge in [0.25, 0.3) is 11.8 Å². The van der Waals surface area contributed by atoms with Gasteiger partial charge in [-0.25, -0.2) is 0 Å². The SMILES string of the molecule is O=C1CCC(N2C(=O)c3ccc(OCCCCN4CCC(c5ccc(Oc6c(-c7ccc(Br)cc7)sc7cc(O)ccc67)cc5)CC4)cc3C2=O)C(=O)N1. The number of fused-ring (bicyclic) bond motifs is 2. The number of hydrogen-bond acceptors (Lipinski definition) is 9. The van der Waals surface area contributed by atoms with Gasteiger partial charge in [-0.15, -0.1) is 11.3 Å². The molecule has 0 bridgehead atoms. The first-order valence-corrected chi connectivity index (χ1v) is 19.8. The Morgan fingerprint density at radius 3 is 2.31 bits per heavy atom. The van der Waals surface area contributed by atoms with E-state index in [4.69, 9.17) is 9.47 Å². The van der Waals surface area contributed by atoms with Crippen molar-refractivity contribution in [2.45, 2.75) is 50.5 Å². The number of aromatic hydroxyl groups is 1. The highest BCUT2D eigenvalue weighted by molar-refractivity contribution is 9.10.